The summed E-state index contributed by atoms with van der Waals surface area (Å²) in [7, 11) is 0. The number of fused-ring (bicyclic) bond motifs is 6. The van der Waals surface area contributed by atoms with Crippen molar-refractivity contribution >= 4 is 60.5 Å². The number of nitrogens with zero attached hydrogens (tertiary/aromatic N) is 1. The van der Waals surface area contributed by atoms with E-state index >= 15 is 0 Å². The van der Waals surface area contributed by atoms with Crippen LogP contribution in [0.5, 0.6) is 0 Å². The van der Waals surface area contributed by atoms with Crippen LogP contribution in [-0.4, -0.2) is 0 Å². The first-order valence-electron chi connectivity index (χ1n) is 18.1. The lowest BCUT2D eigenvalue weighted by Crippen LogP contribution is -2.12. The number of hydrogen-bond acceptors (Lipinski definition) is 2. The summed E-state index contributed by atoms with van der Waals surface area (Å²) in [6.07, 6.45) is 10.9. The molecular weight excluding hydrogens is 643 g/mol. The Kier molecular flexibility index (Phi) is 8.47. The molecule has 53 heavy (non-hydrogen) atoms. The topological polar surface area (TPSA) is 16.4 Å². The average molecular weight is 680 g/mol. The molecule has 0 bridgehead atoms. The standard InChI is InChI=1S/C51H37NO/c1-2-3-4-5-7-16-43-34-41(42-24-22-38-28-32-50-51(47(38)35-42)46-19-12-13-20-49(46)53-50)27-31-48(43)52(44-17-8-6-9-18-44)45-29-25-37(26-30-45)40-23-21-36-14-10-11-15-39(36)33-40/h2-15,17-35H,1,16H2/b4-3-,7-5-. The summed E-state index contributed by atoms with van der Waals surface area (Å²) in [5, 5.41) is 7.20. The maximum absolute atomic E-state index is 6.25. The minimum absolute atomic E-state index is 0.757. The molecular formula is C51H37NO. The van der Waals surface area contributed by atoms with Gasteiger partial charge in [0, 0.05) is 27.8 Å². The maximum atomic E-state index is 6.25. The average Bonchev–Trinajstić information content (AvgIpc) is 3.61. The lowest BCUT2D eigenvalue weighted by Gasteiger charge is -2.28. The molecule has 0 N–H and O–H groups in total. The van der Waals surface area contributed by atoms with Crippen molar-refractivity contribution in [3.63, 3.8) is 0 Å². The van der Waals surface area contributed by atoms with Gasteiger partial charge < -0.3 is 9.32 Å². The molecule has 0 radical (unpaired) electrons. The molecule has 0 fully saturated rings. The lowest BCUT2D eigenvalue weighted by atomic mass is 9.95. The van der Waals surface area contributed by atoms with E-state index in [1.54, 1.807) is 6.08 Å². The molecule has 0 aliphatic rings. The third-order valence-corrected chi connectivity index (χ3v) is 10.1. The summed E-state index contributed by atoms with van der Waals surface area (Å²) >= 11 is 0. The molecule has 0 saturated carbocycles. The van der Waals surface area contributed by atoms with Crippen molar-refractivity contribution in [1.82, 2.24) is 0 Å². The molecule has 9 aromatic rings. The van der Waals surface area contributed by atoms with Crippen molar-refractivity contribution in [2.45, 2.75) is 6.42 Å². The summed E-state index contributed by atoms with van der Waals surface area (Å²) in [5.41, 5.74) is 11.1. The van der Waals surface area contributed by atoms with Crippen LogP contribution in [-0.2, 0) is 6.42 Å². The first-order chi connectivity index (χ1) is 26.2. The van der Waals surface area contributed by atoms with Crippen LogP contribution in [0.2, 0.25) is 0 Å². The summed E-state index contributed by atoms with van der Waals surface area (Å²) in [4.78, 5) is 2.37. The first-order valence-corrected chi connectivity index (χ1v) is 18.1. The quantitative estimate of drug-likeness (QED) is 0.141. The highest BCUT2D eigenvalue weighted by atomic mass is 16.3. The van der Waals surface area contributed by atoms with Gasteiger partial charge in [0.1, 0.15) is 11.2 Å². The molecule has 2 heteroatoms. The smallest absolute Gasteiger partial charge is 0.136 e. The Labute approximate surface area is 309 Å². The molecule has 0 unspecified atom stereocenters. The Bertz CT molecular complexity index is 2820. The maximum Gasteiger partial charge on any atom is 0.136 e. The van der Waals surface area contributed by atoms with Gasteiger partial charge in [-0.2, -0.15) is 0 Å². The normalized spacial score (nSPS) is 11.8. The van der Waals surface area contributed by atoms with Crippen molar-refractivity contribution in [3.8, 4) is 22.3 Å². The summed E-state index contributed by atoms with van der Waals surface area (Å²) in [5.74, 6) is 0. The van der Waals surface area contributed by atoms with Gasteiger partial charge >= 0.3 is 0 Å². The number of furan rings is 1. The van der Waals surface area contributed by atoms with Gasteiger partial charge in [-0.05, 0) is 116 Å². The number of hydrogen-bond donors (Lipinski definition) is 0. The Hall–Kier alpha value is -6.90. The Morgan fingerprint density at radius 1 is 0.472 bits per heavy atom. The third kappa shape index (κ3) is 6.22. The Morgan fingerprint density at radius 2 is 1.13 bits per heavy atom. The van der Waals surface area contributed by atoms with E-state index in [4.69, 9.17) is 4.42 Å². The van der Waals surface area contributed by atoms with Crippen LogP contribution in [0.3, 0.4) is 0 Å². The molecule has 0 atom stereocenters. The molecule has 0 aliphatic heterocycles. The van der Waals surface area contributed by atoms with Gasteiger partial charge in [0.2, 0.25) is 0 Å². The fourth-order valence-corrected chi connectivity index (χ4v) is 7.46. The number of para-hydroxylation sites is 2. The van der Waals surface area contributed by atoms with E-state index in [1.165, 1.54) is 49.4 Å². The fraction of sp³-hybridized carbons (Fsp3) is 0.0196. The van der Waals surface area contributed by atoms with E-state index in [1.807, 2.05) is 24.3 Å². The minimum atomic E-state index is 0.757. The second-order valence-electron chi connectivity index (χ2n) is 13.3. The van der Waals surface area contributed by atoms with Crippen molar-refractivity contribution in [2.24, 2.45) is 0 Å². The van der Waals surface area contributed by atoms with Crippen LogP contribution < -0.4 is 4.90 Å². The molecule has 0 spiro atoms. The molecule has 1 heterocycles. The molecule has 252 valence electrons. The van der Waals surface area contributed by atoms with E-state index in [9.17, 15) is 0 Å². The van der Waals surface area contributed by atoms with E-state index in [-0.39, 0.29) is 0 Å². The lowest BCUT2D eigenvalue weighted by molar-refractivity contribution is 0.669. The van der Waals surface area contributed by atoms with Gasteiger partial charge in [0.15, 0.2) is 0 Å². The van der Waals surface area contributed by atoms with Gasteiger partial charge in [-0.1, -0.05) is 146 Å². The van der Waals surface area contributed by atoms with Gasteiger partial charge in [0.25, 0.3) is 0 Å². The van der Waals surface area contributed by atoms with Crippen LogP contribution in [0.1, 0.15) is 5.56 Å². The molecule has 2 nitrogen and oxygen atoms in total. The predicted molar refractivity (Wildman–Crippen MR) is 226 cm³/mol. The van der Waals surface area contributed by atoms with Crippen LogP contribution in [0.25, 0.3) is 65.7 Å². The van der Waals surface area contributed by atoms with Crippen LogP contribution in [0.4, 0.5) is 17.1 Å². The van der Waals surface area contributed by atoms with Crippen molar-refractivity contribution in [2.75, 3.05) is 4.90 Å². The molecule has 8 aromatic carbocycles. The zero-order chi connectivity index (χ0) is 35.6. The van der Waals surface area contributed by atoms with E-state index in [2.05, 4.69) is 181 Å². The van der Waals surface area contributed by atoms with E-state index < -0.39 is 0 Å². The van der Waals surface area contributed by atoms with Crippen LogP contribution >= 0.6 is 0 Å². The molecule has 0 saturated heterocycles. The SMILES string of the molecule is C=C/C=C\C=C/Cc1cc(-c2ccc3ccc4oc5ccccc5c4c3c2)ccc1N(c1ccccc1)c1ccc(-c2ccc3ccccc3c2)cc1. The van der Waals surface area contributed by atoms with Gasteiger partial charge in [-0.25, -0.2) is 0 Å². The summed E-state index contributed by atoms with van der Waals surface area (Å²) < 4.78 is 6.25. The van der Waals surface area contributed by atoms with Gasteiger partial charge in [0.05, 0.1) is 0 Å². The number of benzene rings is 8. The van der Waals surface area contributed by atoms with Crippen molar-refractivity contribution < 1.29 is 4.42 Å². The zero-order valence-corrected chi connectivity index (χ0v) is 29.3. The summed E-state index contributed by atoms with van der Waals surface area (Å²) in [6, 6.07) is 61.0. The number of anilines is 3. The highest BCUT2D eigenvalue weighted by molar-refractivity contribution is 6.19. The van der Waals surface area contributed by atoms with Gasteiger partial charge in [-0.15, -0.1) is 0 Å². The number of allylic oxidation sites excluding steroid dienone is 5. The van der Waals surface area contributed by atoms with Crippen molar-refractivity contribution in [1.29, 1.82) is 0 Å². The Morgan fingerprint density at radius 3 is 1.98 bits per heavy atom. The highest BCUT2D eigenvalue weighted by Crippen LogP contribution is 2.41. The predicted octanol–water partition coefficient (Wildman–Crippen LogP) is 14.5. The van der Waals surface area contributed by atoms with Gasteiger partial charge in [-0.3, -0.25) is 0 Å². The van der Waals surface area contributed by atoms with Crippen LogP contribution in [0, 0.1) is 0 Å². The van der Waals surface area contributed by atoms with Crippen LogP contribution in [0.15, 0.2) is 211 Å². The molecule has 0 amide bonds. The zero-order valence-electron chi connectivity index (χ0n) is 29.3. The summed E-state index contributed by atoms with van der Waals surface area (Å²) in [6.45, 7) is 3.83. The third-order valence-electron chi connectivity index (χ3n) is 10.1. The highest BCUT2D eigenvalue weighted by Gasteiger charge is 2.18. The minimum Gasteiger partial charge on any atom is -0.456 e. The fourth-order valence-electron chi connectivity index (χ4n) is 7.46. The monoisotopic (exact) mass is 679 g/mol. The molecule has 1 aromatic heterocycles. The second kappa shape index (κ2) is 14.0. The molecule has 0 aliphatic carbocycles. The largest absolute Gasteiger partial charge is 0.456 e. The number of rotatable bonds is 9. The second-order valence-corrected chi connectivity index (χ2v) is 13.3. The van der Waals surface area contributed by atoms with Crippen molar-refractivity contribution in [3.05, 3.63) is 212 Å². The first kappa shape index (κ1) is 32.0. The Balaban J connectivity index is 1.16. The molecule has 9 rings (SSSR count). The van der Waals surface area contributed by atoms with E-state index in [0.29, 0.717) is 0 Å². The van der Waals surface area contributed by atoms with E-state index in [0.717, 1.165) is 45.4 Å².